The summed E-state index contributed by atoms with van der Waals surface area (Å²) in [7, 11) is 1.69. The van der Waals surface area contributed by atoms with E-state index >= 15 is 0 Å². The van der Waals surface area contributed by atoms with Crippen LogP contribution in [0.2, 0.25) is 0 Å². The van der Waals surface area contributed by atoms with Crippen LogP contribution in [0.15, 0.2) is 24.3 Å². The van der Waals surface area contributed by atoms with Gasteiger partial charge in [-0.1, -0.05) is 19.9 Å². The van der Waals surface area contributed by atoms with Gasteiger partial charge in [0.1, 0.15) is 0 Å². The minimum atomic E-state index is 0.573. The Labute approximate surface area is 113 Å². The van der Waals surface area contributed by atoms with Crippen molar-refractivity contribution in [3.8, 4) is 0 Å². The molecule has 3 N–H and O–H groups in total. The molecule has 0 amide bonds. The Morgan fingerprint density at radius 2 is 2.11 bits per heavy atom. The first-order valence-corrected chi connectivity index (χ1v) is 6.52. The molecule has 0 bridgehead atoms. The van der Waals surface area contributed by atoms with E-state index in [9.17, 15) is 0 Å². The van der Waals surface area contributed by atoms with Crippen LogP contribution in [-0.2, 0) is 17.8 Å². The summed E-state index contributed by atoms with van der Waals surface area (Å²) in [6.45, 7) is 4.96. The van der Waals surface area contributed by atoms with Crippen molar-refractivity contribution in [3.05, 3.63) is 35.5 Å². The number of hydrazine groups is 1. The van der Waals surface area contributed by atoms with Gasteiger partial charge in [-0.15, -0.1) is 0 Å². The van der Waals surface area contributed by atoms with E-state index in [0.717, 1.165) is 34.3 Å². The Balaban J connectivity index is 2.49. The van der Waals surface area contributed by atoms with Crippen LogP contribution in [0.5, 0.6) is 0 Å². The molecule has 19 heavy (non-hydrogen) atoms. The van der Waals surface area contributed by atoms with Crippen molar-refractivity contribution in [2.24, 2.45) is 11.8 Å². The Morgan fingerprint density at radius 3 is 2.74 bits per heavy atom. The third-order valence-corrected chi connectivity index (χ3v) is 3.01. The van der Waals surface area contributed by atoms with Gasteiger partial charge in [0.25, 0.3) is 0 Å². The number of methoxy groups -OCH3 is 1. The number of hydrogen-bond donors (Lipinski definition) is 2. The van der Waals surface area contributed by atoms with E-state index in [1.807, 2.05) is 18.2 Å². The lowest BCUT2D eigenvalue weighted by molar-refractivity contribution is 0.185. The summed E-state index contributed by atoms with van der Waals surface area (Å²) in [6.07, 6.45) is 0.949. The number of nitrogens with two attached hydrogens (primary N) is 1. The second-order valence-corrected chi connectivity index (χ2v) is 5.19. The molecular formula is C15H21N3O. The van der Waals surface area contributed by atoms with E-state index in [1.54, 1.807) is 7.11 Å². The number of ether oxygens (including phenoxy) is 1. The SMILES string of the molecule is COCc1ccc2nc(CC(C)C)cc(NN)c2c1. The number of hydrogen-bond acceptors (Lipinski definition) is 4. The van der Waals surface area contributed by atoms with Crippen molar-refractivity contribution in [2.45, 2.75) is 26.9 Å². The zero-order valence-electron chi connectivity index (χ0n) is 11.7. The molecule has 0 spiro atoms. The highest BCUT2D eigenvalue weighted by Gasteiger charge is 2.07. The first-order chi connectivity index (χ1) is 9.13. The van der Waals surface area contributed by atoms with Gasteiger partial charge in [-0.25, -0.2) is 0 Å². The second kappa shape index (κ2) is 5.99. The van der Waals surface area contributed by atoms with E-state index in [4.69, 9.17) is 10.6 Å². The molecule has 0 radical (unpaired) electrons. The Morgan fingerprint density at radius 1 is 1.32 bits per heavy atom. The fourth-order valence-electron chi connectivity index (χ4n) is 2.23. The maximum atomic E-state index is 5.63. The lowest BCUT2D eigenvalue weighted by Crippen LogP contribution is -2.09. The number of aromatic nitrogens is 1. The molecule has 0 saturated heterocycles. The maximum Gasteiger partial charge on any atom is 0.0726 e. The van der Waals surface area contributed by atoms with Gasteiger partial charge in [-0.05, 0) is 36.1 Å². The average Bonchev–Trinajstić information content (AvgIpc) is 2.38. The van der Waals surface area contributed by atoms with Crippen molar-refractivity contribution in [1.29, 1.82) is 0 Å². The molecule has 0 aliphatic rings. The van der Waals surface area contributed by atoms with Crippen LogP contribution in [0.25, 0.3) is 10.9 Å². The highest BCUT2D eigenvalue weighted by Crippen LogP contribution is 2.25. The zero-order chi connectivity index (χ0) is 13.8. The third kappa shape index (κ3) is 3.22. The van der Waals surface area contributed by atoms with E-state index < -0.39 is 0 Å². The lowest BCUT2D eigenvalue weighted by Gasteiger charge is -2.11. The maximum absolute atomic E-state index is 5.63. The van der Waals surface area contributed by atoms with E-state index in [-0.39, 0.29) is 0 Å². The number of rotatable bonds is 5. The quantitative estimate of drug-likeness (QED) is 0.640. The predicted octanol–water partition coefficient (Wildman–Crippen LogP) is 2.87. The van der Waals surface area contributed by atoms with Crippen LogP contribution in [-0.4, -0.2) is 12.1 Å². The Bertz CT molecular complexity index is 567. The van der Waals surface area contributed by atoms with E-state index in [1.165, 1.54) is 0 Å². The number of nitrogens with one attached hydrogen (secondary N) is 1. The van der Waals surface area contributed by atoms with Gasteiger partial charge < -0.3 is 10.2 Å². The summed E-state index contributed by atoms with van der Waals surface area (Å²) in [4.78, 5) is 4.69. The number of fused-ring (bicyclic) bond motifs is 1. The standard InChI is InChI=1S/C15H21N3O/c1-10(2)6-12-8-15(18-16)13-7-11(9-19-3)4-5-14(13)17-12/h4-5,7-8,10H,6,9,16H2,1-3H3,(H,17,18). The summed E-state index contributed by atoms with van der Waals surface area (Å²) in [5.74, 6) is 6.20. The molecule has 1 aromatic carbocycles. The van der Waals surface area contributed by atoms with E-state index in [0.29, 0.717) is 12.5 Å². The molecule has 0 aliphatic heterocycles. The summed E-state index contributed by atoms with van der Waals surface area (Å²) in [5.41, 5.74) is 6.83. The molecule has 2 rings (SSSR count). The van der Waals surface area contributed by atoms with Crippen molar-refractivity contribution >= 4 is 16.6 Å². The predicted molar refractivity (Wildman–Crippen MR) is 78.8 cm³/mol. The van der Waals surface area contributed by atoms with Crippen LogP contribution in [0, 0.1) is 5.92 Å². The molecule has 0 aliphatic carbocycles. The van der Waals surface area contributed by atoms with Crippen molar-refractivity contribution in [1.82, 2.24) is 4.98 Å². The number of pyridine rings is 1. The molecule has 2 aromatic rings. The van der Waals surface area contributed by atoms with Gasteiger partial charge in [-0.2, -0.15) is 0 Å². The first kappa shape index (κ1) is 13.8. The van der Waals surface area contributed by atoms with Gasteiger partial charge in [0, 0.05) is 18.2 Å². The number of benzene rings is 1. The van der Waals surface area contributed by atoms with Crippen molar-refractivity contribution in [2.75, 3.05) is 12.5 Å². The monoisotopic (exact) mass is 259 g/mol. The molecule has 0 fully saturated rings. The topological polar surface area (TPSA) is 60.2 Å². The first-order valence-electron chi connectivity index (χ1n) is 6.52. The van der Waals surface area contributed by atoms with Crippen molar-refractivity contribution in [3.63, 3.8) is 0 Å². The minimum absolute atomic E-state index is 0.573. The molecule has 1 heterocycles. The smallest absolute Gasteiger partial charge is 0.0726 e. The Hall–Kier alpha value is -1.65. The van der Waals surface area contributed by atoms with Gasteiger partial charge >= 0.3 is 0 Å². The van der Waals surface area contributed by atoms with E-state index in [2.05, 4.69) is 30.3 Å². The molecule has 0 unspecified atom stereocenters. The molecule has 0 atom stereocenters. The summed E-state index contributed by atoms with van der Waals surface area (Å²) in [5, 5.41) is 1.03. The number of anilines is 1. The molecular weight excluding hydrogens is 238 g/mol. The normalized spacial score (nSPS) is 11.2. The highest BCUT2D eigenvalue weighted by molar-refractivity contribution is 5.91. The summed E-state index contributed by atoms with van der Waals surface area (Å²) in [6, 6.07) is 8.16. The van der Waals surface area contributed by atoms with Crippen LogP contribution < -0.4 is 11.3 Å². The molecule has 0 saturated carbocycles. The van der Waals surface area contributed by atoms with Gasteiger partial charge in [-0.3, -0.25) is 10.8 Å². The molecule has 4 heteroatoms. The van der Waals surface area contributed by atoms with Crippen LogP contribution in [0.4, 0.5) is 5.69 Å². The number of nitrogens with zero attached hydrogens (tertiary/aromatic N) is 1. The summed E-state index contributed by atoms with van der Waals surface area (Å²) >= 11 is 0. The minimum Gasteiger partial charge on any atom is -0.380 e. The van der Waals surface area contributed by atoms with Gasteiger partial charge in [0.15, 0.2) is 0 Å². The van der Waals surface area contributed by atoms with Crippen LogP contribution in [0.1, 0.15) is 25.1 Å². The Kier molecular flexibility index (Phi) is 4.35. The molecule has 1 aromatic heterocycles. The fraction of sp³-hybridized carbons (Fsp3) is 0.400. The van der Waals surface area contributed by atoms with Crippen LogP contribution >= 0.6 is 0 Å². The molecule has 102 valence electrons. The largest absolute Gasteiger partial charge is 0.380 e. The fourth-order valence-corrected chi connectivity index (χ4v) is 2.23. The van der Waals surface area contributed by atoms with Gasteiger partial charge in [0.05, 0.1) is 17.8 Å². The molecule has 4 nitrogen and oxygen atoms in total. The average molecular weight is 259 g/mol. The van der Waals surface area contributed by atoms with Crippen molar-refractivity contribution < 1.29 is 4.74 Å². The third-order valence-electron chi connectivity index (χ3n) is 3.01. The highest BCUT2D eigenvalue weighted by atomic mass is 16.5. The van der Waals surface area contributed by atoms with Gasteiger partial charge in [0.2, 0.25) is 0 Å². The number of nitrogen functional groups attached to an aromatic ring is 1. The van der Waals surface area contributed by atoms with Crippen LogP contribution in [0.3, 0.4) is 0 Å². The summed E-state index contributed by atoms with van der Waals surface area (Å²) < 4.78 is 5.15. The second-order valence-electron chi connectivity index (χ2n) is 5.19. The zero-order valence-corrected chi connectivity index (χ0v) is 11.7. The lowest BCUT2D eigenvalue weighted by atomic mass is 10.0.